The van der Waals surface area contributed by atoms with Crippen LogP contribution in [0.5, 0.6) is 11.5 Å². The molecule has 7 nitrogen and oxygen atoms in total. The molecule has 0 aliphatic rings. The Labute approximate surface area is 184 Å². The number of hydrogen-bond donors (Lipinski definition) is 3. The molecule has 0 aliphatic heterocycles. The van der Waals surface area contributed by atoms with Crippen LogP contribution in [-0.2, 0) is 16.0 Å². The van der Waals surface area contributed by atoms with Crippen LogP contribution in [-0.4, -0.2) is 29.7 Å². The third-order valence-corrected chi connectivity index (χ3v) is 4.84. The molecule has 0 saturated heterocycles. The van der Waals surface area contributed by atoms with Crippen LogP contribution in [0, 0.1) is 5.92 Å². The number of phenolic OH excluding ortho intramolecular Hbond substituents is 1. The predicted molar refractivity (Wildman–Crippen MR) is 121 cm³/mol. The summed E-state index contributed by atoms with van der Waals surface area (Å²) in [5, 5.41) is 16.8. The summed E-state index contributed by atoms with van der Waals surface area (Å²) < 4.78 is 6.16. The lowest BCUT2D eigenvalue weighted by Gasteiger charge is -2.12. The predicted octanol–water partition coefficient (Wildman–Crippen LogP) is 4.01. The van der Waals surface area contributed by atoms with Gasteiger partial charge in [-0.2, -0.15) is 5.10 Å². The van der Waals surface area contributed by atoms with Crippen molar-refractivity contribution in [1.82, 2.24) is 5.43 Å². The normalized spacial score (nSPS) is 11.7. The van der Waals surface area contributed by atoms with E-state index < -0.39 is 17.7 Å². The number of aromatic hydroxyl groups is 1. The van der Waals surface area contributed by atoms with Crippen molar-refractivity contribution in [3.8, 4) is 11.5 Å². The van der Waals surface area contributed by atoms with Crippen LogP contribution < -0.4 is 15.5 Å². The van der Waals surface area contributed by atoms with Gasteiger partial charge in [0.25, 0.3) is 5.91 Å². The molecule has 1 atom stereocenters. The van der Waals surface area contributed by atoms with Gasteiger partial charge in [-0.25, -0.2) is 5.43 Å². The van der Waals surface area contributed by atoms with Crippen LogP contribution >= 0.6 is 15.9 Å². The third kappa shape index (κ3) is 6.18. The Bertz CT molecular complexity index is 959. The first-order valence-electron chi connectivity index (χ1n) is 9.35. The number of rotatable bonds is 9. The molecule has 2 aromatic carbocycles. The lowest BCUT2D eigenvalue weighted by atomic mass is 10.1. The zero-order valence-electron chi connectivity index (χ0n) is 16.8. The number of nitrogens with zero attached hydrogens (tertiary/aromatic N) is 1. The minimum atomic E-state index is -0.954. The number of benzene rings is 2. The van der Waals surface area contributed by atoms with Gasteiger partial charge in [0.15, 0.2) is 11.5 Å². The van der Waals surface area contributed by atoms with Gasteiger partial charge in [-0.3, -0.25) is 9.59 Å². The molecule has 2 amide bonds. The van der Waals surface area contributed by atoms with Gasteiger partial charge in [0, 0.05) is 10.0 Å². The first kappa shape index (κ1) is 23.2. The molecule has 0 saturated carbocycles. The van der Waals surface area contributed by atoms with Crippen LogP contribution in [0.4, 0.5) is 5.69 Å². The van der Waals surface area contributed by atoms with E-state index in [1.807, 2.05) is 13.0 Å². The lowest BCUT2D eigenvalue weighted by Crippen LogP contribution is -2.34. The summed E-state index contributed by atoms with van der Waals surface area (Å²) in [7, 11) is 0. The summed E-state index contributed by atoms with van der Waals surface area (Å²) in [4.78, 5) is 24.6. The number of amides is 2. The van der Waals surface area contributed by atoms with Crippen LogP contribution in [0.1, 0.15) is 25.0 Å². The summed E-state index contributed by atoms with van der Waals surface area (Å²) in [5.74, 6) is -1.58. The molecule has 2 rings (SSSR count). The molecule has 0 aliphatic carbocycles. The van der Waals surface area contributed by atoms with Crippen molar-refractivity contribution in [1.29, 1.82) is 0 Å². The molecule has 0 heterocycles. The number of carbonyl (C=O) groups excluding carboxylic acids is 2. The second-order valence-corrected chi connectivity index (χ2v) is 7.23. The second-order valence-electron chi connectivity index (χ2n) is 6.38. The standard InChI is InChI=1S/C22H24BrN3O4/c1-4-8-16-11-15(12-19(20(16)27)30-5-2)13-24-26-22(29)14(3)21(28)25-18-10-7-6-9-17(18)23/h4,6-7,9-14,27H,1,5,8H2,2-3H3,(H,25,28)(H,26,29)/b24-13+. The first-order chi connectivity index (χ1) is 14.4. The largest absolute Gasteiger partial charge is 0.504 e. The summed E-state index contributed by atoms with van der Waals surface area (Å²) >= 11 is 3.34. The number of hydrogen-bond acceptors (Lipinski definition) is 5. The monoisotopic (exact) mass is 473 g/mol. The maximum atomic E-state index is 12.3. The average Bonchev–Trinajstić information content (AvgIpc) is 2.72. The quantitative estimate of drug-likeness (QED) is 0.221. The molecular weight excluding hydrogens is 450 g/mol. The number of carbonyl (C=O) groups is 2. The highest BCUT2D eigenvalue weighted by Crippen LogP contribution is 2.32. The van der Waals surface area contributed by atoms with Crippen molar-refractivity contribution in [3.63, 3.8) is 0 Å². The smallest absolute Gasteiger partial charge is 0.252 e. The van der Waals surface area contributed by atoms with Crippen LogP contribution in [0.15, 0.2) is 58.6 Å². The molecule has 8 heteroatoms. The van der Waals surface area contributed by atoms with Gasteiger partial charge in [0.2, 0.25) is 5.91 Å². The summed E-state index contributed by atoms with van der Waals surface area (Å²) in [5.41, 5.74) is 4.19. The Kier molecular flexibility index (Phi) is 8.61. The van der Waals surface area contributed by atoms with Crippen molar-refractivity contribution in [2.24, 2.45) is 11.0 Å². The van der Waals surface area contributed by atoms with E-state index in [9.17, 15) is 14.7 Å². The topological polar surface area (TPSA) is 100 Å². The highest BCUT2D eigenvalue weighted by atomic mass is 79.9. The van der Waals surface area contributed by atoms with Gasteiger partial charge in [0.05, 0.1) is 18.5 Å². The van der Waals surface area contributed by atoms with E-state index in [2.05, 4.69) is 38.4 Å². The fourth-order valence-electron chi connectivity index (χ4n) is 2.53. The van der Waals surface area contributed by atoms with E-state index in [0.717, 1.165) is 4.47 Å². The third-order valence-electron chi connectivity index (χ3n) is 4.15. The molecular formula is C22H24BrN3O4. The average molecular weight is 474 g/mol. The number of nitrogens with one attached hydrogen (secondary N) is 2. The molecule has 158 valence electrons. The first-order valence-corrected chi connectivity index (χ1v) is 10.1. The molecule has 2 aromatic rings. The number of anilines is 1. The zero-order valence-corrected chi connectivity index (χ0v) is 18.4. The van der Waals surface area contributed by atoms with E-state index in [4.69, 9.17) is 4.74 Å². The van der Waals surface area contributed by atoms with Gasteiger partial charge in [-0.15, -0.1) is 6.58 Å². The summed E-state index contributed by atoms with van der Waals surface area (Å²) in [6, 6.07) is 10.5. The maximum Gasteiger partial charge on any atom is 0.252 e. The lowest BCUT2D eigenvalue weighted by molar-refractivity contribution is -0.131. The number of phenols is 1. The number of para-hydroxylation sites is 1. The fraction of sp³-hybridized carbons (Fsp3) is 0.227. The van der Waals surface area contributed by atoms with Gasteiger partial charge in [0.1, 0.15) is 5.92 Å². The molecule has 0 radical (unpaired) electrons. The Morgan fingerprint density at radius 2 is 2.03 bits per heavy atom. The molecule has 30 heavy (non-hydrogen) atoms. The highest BCUT2D eigenvalue weighted by Gasteiger charge is 2.21. The van der Waals surface area contributed by atoms with Crippen molar-refractivity contribution in [2.75, 3.05) is 11.9 Å². The molecule has 0 fully saturated rings. The SMILES string of the molecule is C=CCc1cc(/C=N/NC(=O)C(C)C(=O)Nc2ccccc2Br)cc(OCC)c1O. The van der Waals surface area contributed by atoms with Crippen molar-refractivity contribution in [2.45, 2.75) is 20.3 Å². The maximum absolute atomic E-state index is 12.3. The molecule has 0 aromatic heterocycles. The number of allylic oxidation sites excluding steroid dienone is 1. The Morgan fingerprint density at radius 1 is 1.30 bits per heavy atom. The van der Waals surface area contributed by atoms with Crippen LogP contribution in [0.2, 0.25) is 0 Å². The van der Waals surface area contributed by atoms with E-state index in [1.54, 1.807) is 36.4 Å². The minimum Gasteiger partial charge on any atom is -0.504 e. The van der Waals surface area contributed by atoms with E-state index >= 15 is 0 Å². The zero-order chi connectivity index (χ0) is 22.1. The minimum absolute atomic E-state index is 0.0512. The van der Waals surface area contributed by atoms with Crippen molar-refractivity contribution >= 4 is 39.6 Å². The van der Waals surface area contributed by atoms with E-state index in [1.165, 1.54) is 13.1 Å². The van der Waals surface area contributed by atoms with Crippen LogP contribution in [0.25, 0.3) is 0 Å². The van der Waals surface area contributed by atoms with Gasteiger partial charge >= 0.3 is 0 Å². The highest BCUT2D eigenvalue weighted by molar-refractivity contribution is 9.10. The Morgan fingerprint density at radius 3 is 2.70 bits per heavy atom. The molecule has 0 bridgehead atoms. The summed E-state index contributed by atoms with van der Waals surface area (Å²) in [6.07, 6.45) is 3.54. The van der Waals surface area contributed by atoms with Crippen molar-refractivity contribution < 1.29 is 19.4 Å². The Balaban J connectivity index is 2.04. The van der Waals surface area contributed by atoms with E-state index in [0.29, 0.717) is 35.6 Å². The van der Waals surface area contributed by atoms with Gasteiger partial charge < -0.3 is 15.2 Å². The summed E-state index contributed by atoms with van der Waals surface area (Å²) in [6.45, 7) is 7.37. The van der Waals surface area contributed by atoms with Gasteiger partial charge in [-0.1, -0.05) is 18.2 Å². The molecule has 1 unspecified atom stereocenters. The number of hydrazone groups is 1. The molecule has 3 N–H and O–H groups in total. The van der Waals surface area contributed by atoms with E-state index in [-0.39, 0.29) is 5.75 Å². The van der Waals surface area contributed by atoms with Crippen molar-refractivity contribution in [3.05, 3.63) is 64.7 Å². The second kappa shape index (κ2) is 11.2. The van der Waals surface area contributed by atoms with Crippen LogP contribution in [0.3, 0.4) is 0 Å². The number of halogens is 1. The van der Waals surface area contributed by atoms with Gasteiger partial charge in [-0.05, 0) is 66.0 Å². The fourth-order valence-corrected chi connectivity index (χ4v) is 2.91. The number of ether oxygens (including phenoxy) is 1. The molecule has 0 spiro atoms. The Hall–Kier alpha value is -3.13.